The summed E-state index contributed by atoms with van der Waals surface area (Å²) < 4.78 is 0. The van der Waals surface area contributed by atoms with Crippen LogP contribution in [0.2, 0.25) is 0 Å². The van der Waals surface area contributed by atoms with Crippen molar-refractivity contribution < 1.29 is 0 Å². The van der Waals surface area contributed by atoms with Gasteiger partial charge in [-0.1, -0.05) is 0 Å². The van der Waals surface area contributed by atoms with Crippen molar-refractivity contribution in [1.29, 1.82) is 0 Å². The lowest BCUT2D eigenvalue weighted by molar-refractivity contribution is 0.698. The number of hydrogen-bond donors (Lipinski definition) is 4. The molecular formula is C26H34N6S2. The summed E-state index contributed by atoms with van der Waals surface area (Å²) in [6.07, 6.45) is 7.60. The molecule has 2 aromatic rings. The van der Waals surface area contributed by atoms with Crippen molar-refractivity contribution >= 4 is 50.1 Å². The Hall–Kier alpha value is -2.26. The van der Waals surface area contributed by atoms with Gasteiger partial charge in [0.25, 0.3) is 0 Å². The Morgan fingerprint density at radius 3 is 1.06 bits per heavy atom. The van der Waals surface area contributed by atoms with Crippen LogP contribution in [0.5, 0.6) is 0 Å². The van der Waals surface area contributed by atoms with E-state index in [1.54, 1.807) is 0 Å². The number of benzene rings is 2. The molecule has 2 N–H and O–H groups in total. The molecular weight excluding hydrogens is 460 g/mol. The van der Waals surface area contributed by atoms with Crippen LogP contribution >= 0.6 is 25.3 Å². The number of aryl methyl sites for hydroxylation is 2. The number of hydrogen-bond acceptors (Lipinski definition) is 8. The van der Waals surface area contributed by atoms with Crippen molar-refractivity contribution in [2.45, 2.75) is 23.6 Å². The van der Waals surface area contributed by atoms with Crippen LogP contribution in [-0.2, 0) is 0 Å². The first kappa shape index (κ1) is 26.3. The van der Waals surface area contributed by atoms with Gasteiger partial charge in [0.05, 0.1) is 26.2 Å². The molecule has 34 heavy (non-hydrogen) atoms. The standard InChI is InChI=1S/C26H34N6S2/c1-19-11-21-15-29-7-3-27-5-9-31-17-23-13-20(2)14-24(26(23)34)18-32-10-6-28-4-8-30-16-22(12-19)25(21)33/h11-18,27-28,33-34H,3-10H2,1-2H3. The fraction of sp³-hybridized carbons (Fsp3) is 0.385. The molecule has 0 saturated heterocycles. The predicted octanol–water partition coefficient (Wildman–Crippen LogP) is 3.45. The molecule has 0 unspecified atom stereocenters. The highest BCUT2D eigenvalue weighted by Crippen LogP contribution is 2.20. The second-order valence-corrected chi connectivity index (χ2v) is 9.12. The third-order valence-corrected chi connectivity index (χ3v) is 6.25. The zero-order valence-electron chi connectivity index (χ0n) is 20.0. The number of thiol groups is 2. The number of nitrogens with one attached hydrogen (secondary N) is 2. The first-order valence-electron chi connectivity index (χ1n) is 11.6. The van der Waals surface area contributed by atoms with Gasteiger partial charge >= 0.3 is 0 Å². The van der Waals surface area contributed by atoms with E-state index >= 15 is 0 Å². The summed E-state index contributed by atoms with van der Waals surface area (Å²) in [6, 6.07) is 8.40. The van der Waals surface area contributed by atoms with Crippen molar-refractivity contribution in [3.63, 3.8) is 0 Å². The normalized spacial score (nSPS) is 16.4. The van der Waals surface area contributed by atoms with Crippen LogP contribution in [0.1, 0.15) is 33.4 Å². The van der Waals surface area contributed by atoms with E-state index in [1.165, 1.54) is 11.1 Å². The largest absolute Gasteiger partial charge is 0.313 e. The average molecular weight is 495 g/mol. The molecule has 0 aromatic heterocycles. The summed E-state index contributed by atoms with van der Waals surface area (Å²) in [6.45, 7) is 10.1. The monoisotopic (exact) mass is 494 g/mol. The fourth-order valence-electron chi connectivity index (χ4n) is 3.54. The molecule has 3 rings (SSSR count). The Balaban J connectivity index is 1.70. The van der Waals surface area contributed by atoms with Gasteiger partial charge in [-0.3, -0.25) is 20.0 Å². The Bertz CT molecular complexity index is 915. The van der Waals surface area contributed by atoms with Gasteiger partial charge in [-0.15, -0.1) is 25.3 Å². The van der Waals surface area contributed by atoms with E-state index in [0.29, 0.717) is 26.2 Å². The molecule has 0 saturated carbocycles. The molecule has 4 bridgehead atoms. The van der Waals surface area contributed by atoms with Crippen molar-refractivity contribution in [3.05, 3.63) is 57.6 Å². The molecule has 0 aliphatic carbocycles. The van der Waals surface area contributed by atoms with Crippen LogP contribution in [0.15, 0.2) is 54.0 Å². The van der Waals surface area contributed by atoms with Crippen LogP contribution in [-0.4, -0.2) is 77.2 Å². The topological polar surface area (TPSA) is 73.5 Å². The summed E-state index contributed by atoms with van der Waals surface area (Å²) in [5.41, 5.74) is 6.39. The van der Waals surface area contributed by atoms with Crippen molar-refractivity contribution in [3.8, 4) is 0 Å². The van der Waals surface area contributed by atoms with E-state index in [1.807, 2.05) is 24.9 Å². The Morgan fingerprint density at radius 1 is 0.529 bits per heavy atom. The minimum absolute atomic E-state index is 0.696. The summed E-state index contributed by atoms with van der Waals surface area (Å²) >= 11 is 9.43. The van der Waals surface area contributed by atoms with Crippen LogP contribution in [0, 0.1) is 13.8 Å². The highest BCUT2D eigenvalue weighted by Gasteiger charge is 2.05. The predicted molar refractivity (Wildman–Crippen MR) is 152 cm³/mol. The number of nitrogens with zero attached hydrogens (tertiary/aromatic N) is 4. The van der Waals surface area contributed by atoms with Gasteiger partial charge in [0.15, 0.2) is 0 Å². The van der Waals surface area contributed by atoms with Crippen molar-refractivity contribution in [2.24, 2.45) is 20.0 Å². The van der Waals surface area contributed by atoms with E-state index in [-0.39, 0.29) is 0 Å². The second-order valence-electron chi connectivity index (χ2n) is 8.23. The van der Waals surface area contributed by atoms with Gasteiger partial charge in [-0.05, 0) is 49.2 Å². The zero-order valence-corrected chi connectivity index (χ0v) is 21.7. The maximum Gasteiger partial charge on any atom is 0.0514 e. The molecule has 6 nitrogen and oxygen atoms in total. The zero-order chi connectivity index (χ0) is 24.2. The molecule has 8 heteroatoms. The van der Waals surface area contributed by atoms with Gasteiger partial charge in [-0.2, -0.15) is 0 Å². The van der Waals surface area contributed by atoms with Crippen LogP contribution in [0.4, 0.5) is 0 Å². The van der Waals surface area contributed by atoms with E-state index in [0.717, 1.165) is 58.2 Å². The van der Waals surface area contributed by atoms with Gasteiger partial charge in [0.1, 0.15) is 0 Å². The van der Waals surface area contributed by atoms with Gasteiger partial charge in [0, 0.05) is 83.1 Å². The molecule has 0 radical (unpaired) electrons. The highest BCUT2D eigenvalue weighted by molar-refractivity contribution is 7.80. The smallest absolute Gasteiger partial charge is 0.0514 e. The molecule has 1 aliphatic heterocycles. The van der Waals surface area contributed by atoms with Crippen LogP contribution in [0.25, 0.3) is 0 Å². The highest BCUT2D eigenvalue weighted by atomic mass is 32.1. The molecule has 1 aliphatic rings. The maximum absolute atomic E-state index is 4.71. The van der Waals surface area contributed by atoms with Crippen LogP contribution in [0.3, 0.4) is 0 Å². The third-order valence-electron chi connectivity index (χ3n) is 5.22. The number of aliphatic imine (C=N–C) groups is 4. The lowest BCUT2D eigenvalue weighted by Crippen LogP contribution is -2.21. The first-order valence-corrected chi connectivity index (χ1v) is 12.5. The Kier molecular flexibility index (Phi) is 11.0. The molecule has 0 fully saturated rings. The summed E-state index contributed by atoms with van der Waals surface area (Å²) in [7, 11) is 0. The lowest BCUT2D eigenvalue weighted by atomic mass is 10.1. The first-order chi connectivity index (χ1) is 16.5. The van der Waals surface area contributed by atoms with E-state index in [2.05, 4.69) is 68.7 Å². The average Bonchev–Trinajstić information content (AvgIpc) is 2.81. The minimum Gasteiger partial charge on any atom is -0.313 e. The molecule has 0 amide bonds. The van der Waals surface area contributed by atoms with E-state index < -0.39 is 0 Å². The lowest BCUT2D eigenvalue weighted by Gasteiger charge is -2.07. The molecule has 0 atom stereocenters. The van der Waals surface area contributed by atoms with Crippen molar-refractivity contribution in [1.82, 2.24) is 10.6 Å². The van der Waals surface area contributed by atoms with Gasteiger partial charge in [-0.25, -0.2) is 0 Å². The van der Waals surface area contributed by atoms with Crippen molar-refractivity contribution in [2.75, 3.05) is 52.4 Å². The maximum atomic E-state index is 4.71. The number of fused-ring (bicyclic) bond motifs is 4. The molecule has 180 valence electrons. The van der Waals surface area contributed by atoms with Gasteiger partial charge in [0.2, 0.25) is 0 Å². The van der Waals surface area contributed by atoms with E-state index in [4.69, 9.17) is 25.3 Å². The SMILES string of the molecule is Cc1cc2c(S)c(c1)C=NCCNCCN=Cc1cc(C)cc(c1S)C=NCCNCCN=C2. The minimum atomic E-state index is 0.696. The number of rotatable bonds is 0. The molecule has 1 heterocycles. The quantitative estimate of drug-likeness (QED) is 0.424. The third kappa shape index (κ3) is 8.51. The summed E-state index contributed by atoms with van der Waals surface area (Å²) in [5.74, 6) is 0. The fourth-order valence-corrected chi connectivity index (χ4v) is 4.03. The van der Waals surface area contributed by atoms with Crippen LogP contribution < -0.4 is 10.6 Å². The Morgan fingerprint density at radius 2 is 0.794 bits per heavy atom. The van der Waals surface area contributed by atoms with Gasteiger partial charge < -0.3 is 10.6 Å². The second kappa shape index (κ2) is 14.2. The summed E-state index contributed by atoms with van der Waals surface area (Å²) in [4.78, 5) is 20.1. The Labute approximate surface area is 214 Å². The molecule has 0 spiro atoms. The van der Waals surface area contributed by atoms with E-state index in [9.17, 15) is 0 Å². The molecule has 2 aromatic carbocycles. The summed E-state index contributed by atoms with van der Waals surface area (Å²) in [5, 5.41) is 6.77.